The Kier molecular flexibility index (Phi) is 5.11. The SMILES string of the molecule is NNc1cccc(C(=O)NCCC2CCCCO2)n1. The Morgan fingerprint density at radius 1 is 1.47 bits per heavy atom. The van der Waals surface area contributed by atoms with Crippen LogP contribution >= 0.6 is 0 Å². The van der Waals surface area contributed by atoms with Crippen molar-refractivity contribution in [2.24, 2.45) is 5.84 Å². The van der Waals surface area contributed by atoms with E-state index in [1.807, 2.05) is 0 Å². The van der Waals surface area contributed by atoms with Crippen molar-refractivity contribution >= 4 is 11.7 Å². The maximum Gasteiger partial charge on any atom is 0.269 e. The van der Waals surface area contributed by atoms with E-state index in [4.69, 9.17) is 10.6 Å². The van der Waals surface area contributed by atoms with E-state index in [9.17, 15) is 4.79 Å². The maximum atomic E-state index is 11.9. The number of carbonyl (C=O) groups is 1. The van der Waals surface area contributed by atoms with Crippen LogP contribution in [0.5, 0.6) is 0 Å². The second-order valence-electron chi connectivity index (χ2n) is 4.59. The number of anilines is 1. The molecule has 1 saturated heterocycles. The summed E-state index contributed by atoms with van der Waals surface area (Å²) in [4.78, 5) is 15.9. The van der Waals surface area contributed by atoms with Gasteiger partial charge in [0.2, 0.25) is 0 Å². The minimum Gasteiger partial charge on any atom is -0.378 e. The second-order valence-corrected chi connectivity index (χ2v) is 4.59. The van der Waals surface area contributed by atoms with Crippen LogP contribution in [0.2, 0.25) is 0 Å². The van der Waals surface area contributed by atoms with Gasteiger partial charge in [-0.05, 0) is 37.8 Å². The van der Waals surface area contributed by atoms with E-state index in [0.717, 1.165) is 25.9 Å². The third-order valence-electron chi connectivity index (χ3n) is 3.16. The molecule has 6 nitrogen and oxygen atoms in total. The van der Waals surface area contributed by atoms with Crippen molar-refractivity contribution in [3.63, 3.8) is 0 Å². The van der Waals surface area contributed by atoms with E-state index < -0.39 is 0 Å². The molecule has 1 aliphatic heterocycles. The van der Waals surface area contributed by atoms with Gasteiger partial charge in [0.1, 0.15) is 11.5 Å². The van der Waals surface area contributed by atoms with Gasteiger partial charge in [0, 0.05) is 13.2 Å². The fourth-order valence-corrected chi connectivity index (χ4v) is 2.11. The monoisotopic (exact) mass is 264 g/mol. The highest BCUT2D eigenvalue weighted by molar-refractivity contribution is 5.92. The van der Waals surface area contributed by atoms with Gasteiger partial charge < -0.3 is 15.5 Å². The Morgan fingerprint density at radius 2 is 2.37 bits per heavy atom. The molecule has 2 rings (SSSR count). The molecule has 0 saturated carbocycles. The first-order chi connectivity index (χ1) is 9.29. The molecule has 1 atom stereocenters. The molecule has 0 radical (unpaired) electrons. The van der Waals surface area contributed by atoms with Crippen molar-refractivity contribution in [3.8, 4) is 0 Å². The molecule has 1 aliphatic rings. The molecule has 0 aromatic carbocycles. The lowest BCUT2D eigenvalue weighted by Crippen LogP contribution is -2.30. The zero-order valence-electron chi connectivity index (χ0n) is 10.9. The summed E-state index contributed by atoms with van der Waals surface area (Å²) in [6.45, 7) is 1.44. The highest BCUT2D eigenvalue weighted by atomic mass is 16.5. The number of ether oxygens (including phenoxy) is 1. The number of nitrogens with zero attached hydrogens (tertiary/aromatic N) is 1. The lowest BCUT2D eigenvalue weighted by atomic mass is 10.1. The number of carbonyl (C=O) groups excluding carboxylic acids is 1. The van der Waals surface area contributed by atoms with E-state index >= 15 is 0 Å². The number of amides is 1. The molecular formula is C13H20N4O2. The third-order valence-corrected chi connectivity index (χ3v) is 3.16. The number of nitrogens with two attached hydrogens (primary N) is 1. The van der Waals surface area contributed by atoms with Crippen molar-refractivity contribution in [3.05, 3.63) is 23.9 Å². The zero-order valence-corrected chi connectivity index (χ0v) is 10.9. The van der Waals surface area contributed by atoms with E-state index in [1.165, 1.54) is 6.42 Å². The van der Waals surface area contributed by atoms with Crippen molar-refractivity contribution in [2.75, 3.05) is 18.6 Å². The van der Waals surface area contributed by atoms with Gasteiger partial charge in [-0.25, -0.2) is 10.8 Å². The number of hydrazine groups is 1. The molecule has 0 spiro atoms. The summed E-state index contributed by atoms with van der Waals surface area (Å²) < 4.78 is 5.61. The molecule has 2 heterocycles. The first-order valence-corrected chi connectivity index (χ1v) is 6.63. The summed E-state index contributed by atoms with van der Waals surface area (Å²) in [5.74, 6) is 5.54. The molecule has 1 aromatic rings. The summed E-state index contributed by atoms with van der Waals surface area (Å²) in [5, 5.41) is 2.85. The maximum absolute atomic E-state index is 11.9. The van der Waals surface area contributed by atoms with Crippen LogP contribution in [-0.4, -0.2) is 30.1 Å². The number of aromatic nitrogens is 1. The Balaban J connectivity index is 1.77. The third kappa shape index (κ3) is 4.18. The van der Waals surface area contributed by atoms with E-state index in [0.29, 0.717) is 18.1 Å². The van der Waals surface area contributed by atoms with Crippen LogP contribution in [0.15, 0.2) is 18.2 Å². The first kappa shape index (κ1) is 13.8. The number of pyridine rings is 1. The summed E-state index contributed by atoms with van der Waals surface area (Å²) in [6, 6.07) is 5.10. The molecule has 0 aliphatic carbocycles. The highest BCUT2D eigenvalue weighted by Gasteiger charge is 2.14. The highest BCUT2D eigenvalue weighted by Crippen LogP contribution is 2.14. The van der Waals surface area contributed by atoms with Crippen LogP contribution < -0.4 is 16.6 Å². The van der Waals surface area contributed by atoms with Gasteiger partial charge in [0.05, 0.1) is 6.10 Å². The van der Waals surface area contributed by atoms with E-state index in [1.54, 1.807) is 18.2 Å². The minimum atomic E-state index is -0.187. The van der Waals surface area contributed by atoms with Crippen LogP contribution in [-0.2, 0) is 4.74 Å². The van der Waals surface area contributed by atoms with Gasteiger partial charge in [-0.1, -0.05) is 6.07 Å². The van der Waals surface area contributed by atoms with Gasteiger partial charge in [0.25, 0.3) is 5.91 Å². The first-order valence-electron chi connectivity index (χ1n) is 6.63. The standard InChI is InChI=1S/C13H20N4O2/c14-17-12-6-3-5-11(16-12)13(18)15-8-7-10-4-1-2-9-19-10/h3,5-6,10H,1-2,4,7-9,14H2,(H,15,18)(H,16,17). The van der Waals surface area contributed by atoms with Gasteiger partial charge in [-0.2, -0.15) is 0 Å². The summed E-state index contributed by atoms with van der Waals surface area (Å²) in [7, 11) is 0. The largest absolute Gasteiger partial charge is 0.378 e. The molecule has 4 N–H and O–H groups in total. The molecule has 1 unspecified atom stereocenters. The summed E-state index contributed by atoms with van der Waals surface area (Å²) in [5.41, 5.74) is 2.78. The topological polar surface area (TPSA) is 89.3 Å². The number of nitrogen functional groups attached to an aromatic ring is 1. The number of hydrogen-bond acceptors (Lipinski definition) is 5. The fourth-order valence-electron chi connectivity index (χ4n) is 2.11. The quantitative estimate of drug-likeness (QED) is 0.546. The van der Waals surface area contributed by atoms with Crippen LogP contribution in [0.1, 0.15) is 36.2 Å². The number of nitrogens with one attached hydrogen (secondary N) is 2. The van der Waals surface area contributed by atoms with Crippen LogP contribution in [0, 0.1) is 0 Å². The molecule has 1 aromatic heterocycles. The zero-order chi connectivity index (χ0) is 13.5. The average molecular weight is 264 g/mol. The van der Waals surface area contributed by atoms with Crippen LogP contribution in [0.25, 0.3) is 0 Å². The van der Waals surface area contributed by atoms with Crippen molar-refractivity contribution in [1.82, 2.24) is 10.3 Å². The van der Waals surface area contributed by atoms with Gasteiger partial charge in [0.15, 0.2) is 0 Å². The Labute approximate surface area is 112 Å². The number of rotatable bonds is 5. The molecule has 1 fully saturated rings. The number of hydrogen-bond donors (Lipinski definition) is 3. The van der Waals surface area contributed by atoms with Crippen LogP contribution in [0.3, 0.4) is 0 Å². The molecule has 6 heteroatoms. The lowest BCUT2D eigenvalue weighted by Gasteiger charge is -2.22. The molecular weight excluding hydrogens is 244 g/mol. The molecule has 0 bridgehead atoms. The Hall–Kier alpha value is -1.66. The molecule has 104 valence electrons. The fraction of sp³-hybridized carbons (Fsp3) is 0.538. The van der Waals surface area contributed by atoms with Crippen LogP contribution in [0.4, 0.5) is 5.82 Å². The van der Waals surface area contributed by atoms with Crippen molar-refractivity contribution < 1.29 is 9.53 Å². The van der Waals surface area contributed by atoms with E-state index in [2.05, 4.69) is 15.7 Å². The predicted octanol–water partition coefficient (Wildman–Crippen LogP) is 1.06. The van der Waals surface area contributed by atoms with Crippen molar-refractivity contribution in [2.45, 2.75) is 31.8 Å². The minimum absolute atomic E-state index is 0.187. The lowest BCUT2D eigenvalue weighted by molar-refractivity contribution is 0.0117. The molecule has 19 heavy (non-hydrogen) atoms. The average Bonchev–Trinajstić information content (AvgIpc) is 2.48. The molecule has 1 amide bonds. The summed E-state index contributed by atoms with van der Waals surface area (Å²) >= 11 is 0. The van der Waals surface area contributed by atoms with Gasteiger partial charge in [-0.15, -0.1) is 0 Å². The normalized spacial score (nSPS) is 18.9. The van der Waals surface area contributed by atoms with Crippen molar-refractivity contribution in [1.29, 1.82) is 0 Å². The van der Waals surface area contributed by atoms with Gasteiger partial charge in [-0.3, -0.25) is 4.79 Å². The van der Waals surface area contributed by atoms with E-state index in [-0.39, 0.29) is 12.0 Å². The Morgan fingerprint density at radius 3 is 3.11 bits per heavy atom. The Bertz CT molecular complexity index is 419. The smallest absolute Gasteiger partial charge is 0.269 e. The summed E-state index contributed by atoms with van der Waals surface area (Å²) in [6.07, 6.45) is 4.57. The van der Waals surface area contributed by atoms with Gasteiger partial charge >= 0.3 is 0 Å². The predicted molar refractivity (Wildman–Crippen MR) is 72.6 cm³/mol. The second kappa shape index (κ2) is 7.06.